The summed E-state index contributed by atoms with van der Waals surface area (Å²) >= 11 is 0. The van der Waals surface area contributed by atoms with Crippen LogP contribution in [-0.4, -0.2) is 23.3 Å². The third kappa shape index (κ3) is 2.33. The Hall–Kier alpha value is -0.830. The van der Waals surface area contributed by atoms with Crippen LogP contribution in [0.5, 0.6) is 0 Å². The predicted octanol–water partition coefficient (Wildman–Crippen LogP) is 2.68. The molecule has 3 saturated carbocycles. The van der Waals surface area contributed by atoms with Crippen LogP contribution in [0.1, 0.15) is 46.5 Å². The molecule has 1 N–H and O–H groups in total. The molecule has 3 atom stereocenters. The number of ether oxygens (including phenoxy) is 1. The number of fused-ring (bicyclic) bond motifs is 3. The average Bonchev–Trinajstić information content (AvgIpc) is 2.25. The summed E-state index contributed by atoms with van der Waals surface area (Å²) in [5.74, 6) is 0.492. The molecule has 0 unspecified atom stereocenters. The summed E-state index contributed by atoms with van der Waals surface area (Å²) in [6.07, 6.45) is 4.01. The van der Waals surface area contributed by atoms with Gasteiger partial charge >= 0.3 is 5.97 Å². The molecule has 0 aromatic rings. The van der Waals surface area contributed by atoms with Crippen LogP contribution in [0, 0.1) is 17.3 Å². The Morgan fingerprint density at radius 3 is 2.78 bits per heavy atom. The lowest BCUT2D eigenvalue weighted by molar-refractivity contribution is -0.159. The molecular formula is C15H24O3. The molecule has 102 valence electrons. The summed E-state index contributed by atoms with van der Waals surface area (Å²) in [6, 6.07) is 0. The first-order valence-electron chi connectivity index (χ1n) is 6.78. The molecule has 3 fully saturated rings. The van der Waals surface area contributed by atoms with Crippen LogP contribution < -0.4 is 0 Å². The highest BCUT2D eigenvalue weighted by atomic mass is 16.5. The van der Waals surface area contributed by atoms with Gasteiger partial charge in [0.25, 0.3) is 0 Å². The minimum atomic E-state index is -0.723. The van der Waals surface area contributed by atoms with Crippen molar-refractivity contribution in [2.45, 2.75) is 52.1 Å². The fourth-order valence-electron chi connectivity index (χ4n) is 3.97. The van der Waals surface area contributed by atoms with Gasteiger partial charge in [-0.15, -0.1) is 0 Å². The van der Waals surface area contributed by atoms with Crippen molar-refractivity contribution in [3.05, 3.63) is 12.2 Å². The summed E-state index contributed by atoms with van der Waals surface area (Å²) in [6.45, 7) is 9.77. The average molecular weight is 252 g/mol. The highest BCUT2D eigenvalue weighted by Crippen LogP contribution is 2.58. The van der Waals surface area contributed by atoms with Gasteiger partial charge in [0.1, 0.15) is 0 Å². The van der Waals surface area contributed by atoms with E-state index in [0.717, 1.165) is 25.7 Å². The topological polar surface area (TPSA) is 46.5 Å². The number of allylic oxidation sites excluding steroid dienone is 1. The number of rotatable bonds is 3. The maximum atomic E-state index is 11.1. The summed E-state index contributed by atoms with van der Waals surface area (Å²) in [5.41, 5.74) is 0.448. The van der Waals surface area contributed by atoms with Gasteiger partial charge in [-0.3, -0.25) is 4.79 Å². The van der Waals surface area contributed by atoms with Crippen LogP contribution >= 0.6 is 0 Å². The van der Waals surface area contributed by atoms with Crippen LogP contribution in [0.4, 0.5) is 0 Å². The third-order valence-electron chi connectivity index (χ3n) is 4.82. The Labute approximate surface area is 109 Å². The number of carbonyl (C=O) groups is 1. The van der Waals surface area contributed by atoms with Gasteiger partial charge in [0.15, 0.2) is 0 Å². The Bertz CT molecular complexity index is 366. The highest BCUT2D eigenvalue weighted by molar-refractivity contribution is 5.65. The summed E-state index contributed by atoms with van der Waals surface area (Å²) in [5, 5.41) is 10.4. The van der Waals surface area contributed by atoms with Crippen molar-refractivity contribution in [2.75, 3.05) is 6.61 Å². The fourth-order valence-corrected chi connectivity index (χ4v) is 3.97. The molecule has 0 saturated heterocycles. The molecule has 0 aromatic carbocycles. The van der Waals surface area contributed by atoms with E-state index in [1.165, 1.54) is 12.5 Å². The number of esters is 1. The van der Waals surface area contributed by atoms with Gasteiger partial charge in [0, 0.05) is 12.3 Å². The predicted molar refractivity (Wildman–Crippen MR) is 70.0 cm³/mol. The van der Waals surface area contributed by atoms with Crippen molar-refractivity contribution in [1.82, 2.24) is 0 Å². The Kier molecular flexibility index (Phi) is 3.30. The van der Waals surface area contributed by atoms with E-state index in [1.807, 2.05) is 13.8 Å². The molecule has 3 heteroatoms. The van der Waals surface area contributed by atoms with Gasteiger partial charge in [0.2, 0.25) is 0 Å². The molecule has 0 amide bonds. The van der Waals surface area contributed by atoms with Crippen molar-refractivity contribution in [1.29, 1.82) is 0 Å². The monoisotopic (exact) mass is 252 g/mol. The number of hydrogen-bond acceptors (Lipinski definition) is 3. The van der Waals surface area contributed by atoms with E-state index in [9.17, 15) is 9.90 Å². The minimum absolute atomic E-state index is 0.101. The largest absolute Gasteiger partial charge is 0.465 e. The molecule has 0 radical (unpaired) electrons. The quantitative estimate of drug-likeness (QED) is 0.620. The molecule has 0 heterocycles. The van der Waals surface area contributed by atoms with Crippen LogP contribution in [0.2, 0.25) is 0 Å². The maximum absolute atomic E-state index is 11.1. The minimum Gasteiger partial charge on any atom is -0.465 e. The second kappa shape index (κ2) is 4.37. The molecule has 2 bridgehead atoms. The zero-order valence-electron chi connectivity index (χ0n) is 11.7. The molecule has 0 aromatic heterocycles. The van der Waals surface area contributed by atoms with Crippen molar-refractivity contribution in [2.24, 2.45) is 17.3 Å². The molecular weight excluding hydrogens is 228 g/mol. The zero-order valence-corrected chi connectivity index (χ0v) is 11.7. The summed E-state index contributed by atoms with van der Waals surface area (Å²) in [7, 11) is 0. The fraction of sp³-hybridized carbons (Fsp3) is 0.800. The maximum Gasteiger partial charge on any atom is 0.302 e. The lowest BCUT2D eigenvalue weighted by Crippen LogP contribution is -2.54. The van der Waals surface area contributed by atoms with Gasteiger partial charge in [-0.1, -0.05) is 12.2 Å². The van der Waals surface area contributed by atoms with Gasteiger partial charge in [0.05, 0.1) is 12.2 Å². The molecule has 3 aliphatic carbocycles. The first-order chi connectivity index (χ1) is 8.24. The van der Waals surface area contributed by atoms with Gasteiger partial charge in [-0.2, -0.15) is 0 Å². The van der Waals surface area contributed by atoms with Crippen molar-refractivity contribution in [3.8, 4) is 0 Å². The number of hydrogen-bond donors (Lipinski definition) is 1. The van der Waals surface area contributed by atoms with Gasteiger partial charge in [-0.05, 0) is 51.4 Å². The lowest BCUT2D eigenvalue weighted by atomic mass is 9.50. The highest BCUT2D eigenvalue weighted by Gasteiger charge is 2.54. The van der Waals surface area contributed by atoms with E-state index in [2.05, 4.69) is 6.58 Å². The first-order valence-corrected chi connectivity index (χ1v) is 6.78. The van der Waals surface area contributed by atoms with E-state index < -0.39 is 5.60 Å². The van der Waals surface area contributed by atoms with Gasteiger partial charge < -0.3 is 9.84 Å². The molecule has 3 aliphatic rings. The SMILES string of the molecule is C=C1C[C@@]2(COC(C)=O)CC[C@@H]1C[C@H]2C(C)(C)O. The Balaban J connectivity index is 2.24. The van der Waals surface area contributed by atoms with E-state index in [0.29, 0.717) is 12.5 Å². The molecule has 0 aliphatic heterocycles. The van der Waals surface area contributed by atoms with Crippen LogP contribution in [-0.2, 0) is 9.53 Å². The molecule has 3 nitrogen and oxygen atoms in total. The number of aliphatic hydroxyl groups is 1. The van der Waals surface area contributed by atoms with Crippen LogP contribution in [0.3, 0.4) is 0 Å². The van der Waals surface area contributed by atoms with E-state index in [1.54, 1.807) is 0 Å². The molecule has 18 heavy (non-hydrogen) atoms. The van der Waals surface area contributed by atoms with E-state index >= 15 is 0 Å². The van der Waals surface area contributed by atoms with Crippen LogP contribution in [0.15, 0.2) is 12.2 Å². The second-order valence-electron chi connectivity index (χ2n) is 6.66. The Morgan fingerprint density at radius 1 is 1.61 bits per heavy atom. The van der Waals surface area contributed by atoms with E-state index in [-0.39, 0.29) is 17.3 Å². The van der Waals surface area contributed by atoms with Crippen molar-refractivity contribution >= 4 is 5.97 Å². The van der Waals surface area contributed by atoms with Crippen molar-refractivity contribution in [3.63, 3.8) is 0 Å². The third-order valence-corrected chi connectivity index (χ3v) is 4.82. The normalized spacial score (nSPS) is 35.7. The van der Waals surface area contributed by atoms with Crippen molar-refractivity contribution < 1.29 is 14.6 Å². The zero-order chi connectivity index (χ0) is 13.6. The standard InChI is InChI=1S/C15H24O3/c1-10-8-15(9-18-11(2)16)6-5-12(10)7-13(15)14(3,4)17/h12-13,17H,1,5-9H2,2-4H3/t12-,13+,15-/m1/s1. The molecule has 3 rings (SSSR count). The van der Waals surface area contributed by atoms with Crippen LogP contribution in [0.25, 0.3) is 0 Å². The first kappa shape index (κ1) is 13.6. The van der Waals surface area contributed by atoms with Gasteiger partial charge in [-0.25, -0.2) is 0 Å². The lowest BCUT2D eigenvalue weighted by Gasteiger charge is -2.56. The summed E-state index contributed by atoms with van der Waals surface area (Å²) in [4.78, 5) is 11.1. The Morgan fingerprint density at radius 2 is 2.28 bits per heavy atom. The smallest absolute Gasteiger partial charge is 0.302 e. The summed E-state index contributed by atoms with van der Waals surface area (Å²) < 4.78 is 5.28. The second-order valence-corrected chi connectivity index (χ2v) is 6.66. The van der Waals surface area contributed by atoms with E-state index in [4.69, 9.17) is 4.74 Å². The molecule has 0 spiro atoms. The number of carbonyl (C=O) groups excluding carboxylic acids is 1.